The molecule has 1 aliphatic rings. The lowest BCUT2D eigenvalue weighted by atomic mass is 10.3. The van der Waals surface area contributed by atoms with E-state index >= 15 is 0 Å². The van der Waals surface area contributed by atoms with Crippen LogP contribution in [0.2, 0.25) is 0 Å². The molecule has 1 heterocycles. The molecule has 30 heavy (non-hydrogen) atoms. The van der Waals surface area contributed by atoms with Crippen LogP contribution in [0.25, 0.3) is 0 Å². The SMILES string of the molecule is CC1(N=C(N)OCc2nc(N)nc(Nc3ccc(Oc4ccccc4)cc3)n2)CC1. The lowest BCUT2D eigenvalue weighted by Gasteiger charge is -2.10. The van der Waals surface area contributed by atoms with Gasteiger partial charge in [-0.3, -0.25) is 0 Å². The quantitative estimate of drug-likeness (QED) is 0.402. The molecular weight excluding hydrogens is 382 g/mol. The molecule has 0 bridgehead atoms. The van der Waals surface area contributed by atoms with Gasteiger partial charge in [0, 0.05) is 5.69 Å². The number of amidine groups is 1. The van der Waals surface area contributed by atoms with E-state index in [1.807, 2.05) is 61.5 Å². The molecule has 9 heteroatoms. The van der Waals surface area contributed by atoms with Gasteiger partial charge in [-0.15, -0.1) is 0 Å². The molecule has 1 saturated carbocycles. The first-order chi connectivity index (χ1) is 14.5. The summed E-state index contributed by atoms with van der Waals surface area (Å²) in [5, 5.41) is 3.10. The maximum atomic E-state index is 5.81. The van der Waals surface area contributed by atoms with Crippen LogP contribution in [0, 0.1) is 0 Å². The highest BCUT2D eigenvalue weighted by atomic mass is 16.5. The predicted molar refractivity (Wildman–Crippen MR) is 115 cm³/mol. The molecule has 0 atom stereocenters. The molecule has 3 aromatic rings. The summed E-state index contributed by atoms with van der Waals surface area (Å²) in [5.74, 6) is 2.23. The van der Waals surface area contributed by atoms with Gasteiger partial charge < -0.3 is 26.3 Å². The lowest BCUT2D eigenvalue weighted by Crippen LogP contribution is -2.20. The van der Waals surface area contributed by atoms with Crippen LogP contribution in [0.15, 0.2) is 59.6 Å². The number of nitrogen functional groups attached to an aromatic ring is 1. The fourth-order valence-corrected chi connectivity index (χ4v) is 2.65. The minimum atomic E-state index is -0.0919. The molecule has 2 aromatic carbocycles. The second-order valence-corrected chi connectivity index (χ2v) is 7.23. The first-order valence-corrected chi connectivity index (χ1v) is 9.56. The van der Waals surface area contributed by atoms with Crippen molar-refractivity contribution >= 4 is 23.6 Å². The summed E-state index contributed by atoms with van der Waals surface area (Å²) >= 11 is 0. The summed E-state index contributed by atoms with van der Waals surface area (Å²) in [5.41, 5.74) is 12.3. The number of ether oxygens (including phenoxy) is 2. The number of aromatic nitrogens is 3. The van der Waals surface area contributed by atoms with E-state index in [4.69, 9.17) is 20.9 Å². The average Bonchev–Trinajstić information content (AvgIpc) is 3.45. The molecule has 0 radical (unpaired) electrons. The largest absolute Gasteiger partial charge is 0.457 e. The molecule has 1 aliphatic carbocycles. The van der Waals surface area contributed by atoms with Crippen molar-refractivity contribution in [3.8, 4) is 11.5 Å². The number of nitrogens with zero attached hydrogens (tertiary/aromatic N) is 4. The number of nitrogens with one attached hydrogen (secondary N) is 1. The van der Waals surface area contributed by atoms with Gasteiger partial charge in [0.25, 0.3) is 6.02 Å². The standard InChI is InChI=1S/C21H23N7O2/c1-21(11-12-21)28-19(23)29-13-17-25-18(22)27-20(26-17)24-14-7-9-16(10-8-14)30-15-5-3-2-4-6-15/h2-10H,11-13H2,1H3,(H2,23,28)(H3,22,24,25,26,27). The molecule has 0 amide bonds. The monoisotopic (exact) mass is 405 g/mol. The van der Waals surface area contributed by atoms with E-state index in [1.165, 1.54) is 0 Å². The van der Waals surface area contributed by atoms with Gasteiger partial charge in [-0.05, 0) is 56.2 Å². The summed E-state index contributed by atoms with van der Waals surface area (Å²) < 4.78 is 11.2. The zero-order valence-electron chi connectivity index (χ0n) is 16.6. The number of nitrogens with two attached hydrogens (primary N) is 2. The van der Waals surface area contributed by atoms with Gasteiger partial charge >= 0.3 is 0 Å². The molecule has 0 unspecified atom stereocenters. The average molecular weight is 405 g/mol. The zero-order valence-corrected chi connectivity index (χ0v) is 16.6. The Bertz CT molecular complexity index is 1030. The van der Waals surface area contributed by atoms with Crippen molar-refractivity contribution in [1.29, 1.82) is 0 Å². The van der Waals surface area contributed by atoms with E-state index in [0.717, 1.165) is 30.0 Å². The highest BCUT2D eigenvalue weighted by Crippen LogP contribution is 2.38. The van der Waals surface area contributed by atoms with Crippen molar-refractivity contribution in [3.05, 3.63) is 60.4 Å². The first kappa shape index (κ1) is 19.4. The number of rotatable bonds is 7. The molecule has 5 N–H and O–H groups in total. The van der Waals surface area contributed by atoms with E-state index in [0.29, 0.717) is 11.8 Å². The second-order valence-electron chi connectivity index (χ2n) is 7.23. The van der Waals surface area contributed by atoms with Crippen LogP contribution in [0.5, 0.6) is 11.5 Å². The third-order valence-electron chi connectivity index (χ3n) is 4.49. The first-order valence-electron chi connectivity index (χ1n) is 9.56. The van der Waals surface area contributed by atoms with Crippen LogP contribution < -0.4 is 21.5 Å². The van der Waals surface area contributed by atoms with Crippen molar-refractivity contribution in [3.63, 3.8) is 0 Å². The van der Waals surface area contributed by atoms with Crippen LogP contribution in [0.4, 0.5) is 17.6 Å². The van der Waals surface area contributed by atoms with Crippen LogP contribution >= 0.6 is 0 Å². The zero-order chi connectivity index (χ0) is 21.0. The lowest BCUT2D eigenvalue weighted by molar-refractivity contribution is 0.274. The van der Waals surface area contributed by atoms with E-state index in [2.05, 4.69) is 25.3 Å². The molecule has 154 valence electrons. The van der Waals surface area contributed by atoms with Gasteiger partial charge in [0.05, 0.1) is 5.54 Å². The van der Waals surface area contributed by atoms with Crippen molar-refractivity contribution < 1.29 is 9.47 Å². The number of anilines is 3. The Kier molecular flexibility index (Phi) is 5.34. The molecule has 0 aliphatic heterocycles. The third-order valence-corrected chi connectivity index (χ3v) is 4.49. The number of benzene rings is 2. The minimum absolute atomic E-state index is 0.0522. The number of aliphatic imine (C=N–C) groups is 1. The molecular formula is C21H23N7O2. The molecule has 1 fully saturated rings. The Morgan fingerprint density at radius 3 is 2.43 bits per heavy atom. The van der Waals surface area contributed by atoms with Gasteiger partial charge in [-0.25, -0.2) is 4.99 Å². The number of hydrogen-bond donors (Lipinski definition) is 3. The van der Waals surface area contributed by atoms with E-state index in [9.17, 15) is 0 Å². The summed E-state index contributed by atoms with van der Waals surface area (Å²) in [6.07, 6.45) is 2.03. The van der Waals surface area contributed by atoms with Crippen molar-refractivity contribution in [1.82, 2.24) is 15.0 Å². The Balaban J connectivity index is 1.38. The molecule has 0 spiro atoms. The van der Waals surface area contributed by atoms with Crippen molar-refractivity contribution in [2.45, 2.75) is 31.9 Å². The van der Waals surface area contributed by atoms with Gasteiger partial charge in [-0.2, -0.15) is 15.0 Å². The maximum absolute atomic E-state index is 5.81. The van der Waals surface area contributed by atoms with E-state index in [-0.39, 0.29) is 24.1 Å². The molecule has 4 rings (SSSR count). The molecule has 0 saturated heterocycles. The van der Waals surface area contributed by atoms with Crippen molar-refractivity contribution in [2.24, 2.45) is 10.7 Å². The van der Waals surface area contributed by atoms with Gasteiger partial charge in [-0.1, -0.05) is 18.2 Å². The Labute approximate surface area is 174 Å². The van der Waals surface area contributed by atoms with Crippen LogP contribution in [0.3, 0.4) is 0 Å². The Hall–Kier alpha value is -3.88. The van der Waals surface area contributed by atoms with Crippen LogP contribution in [-0.4, -0.2) is 26.5 Å². The maximum Gasteiger partial charge on any atom is 0.282 e. The predicted octanol–water partition coefficient (Wildman–Crippen LogP) is 3.37. The molecule has 1 aromatic heterocycles. The van der Waals surface area contributed by atoms with Gasteiger partial charge in [0.1, 0.15) is 11.5 Å². The van der Waals surface area contributed by atoms with Crippen molar-refractivity contribution in [2.75, 3.05) is 11.1 Å². The van der Waals surface area contributed by atoms with E-state index in [1.54, 1.807) is 0 Å². The highest BCUT2D eigenvalue weighted by molar-refractivity contribution is 5.72. The van der Waals surface area contributed by atoms with E-state index < -0.39 is 0 Å². The highest BCUT2D eigenvalue weighted by Gasteiger charge is 2.37. The fraction of sp³-hybridized carbons (Fsp3) is 0.238. The summed E-state index contributed by atoms with van der Waals surface area (Å²) in [6, 6.07) is 17.1. The van der Waals surface area contributed by atoms with Gasteiger partial charge in [0.2, 0.25) is 11.9 Å². The third kappa shape index (κ3) is 5.34. The van der Waals surface area contributed by atoms with Gasteiger partial charge in [0.15, 0.2) is 12.4 Å². The number of para-hydroxylation sites is 1. The minimum Gasteiger partial charge on any atom is -0.457 e. The summed E-state index contributed by atoms with van der Waals surface area (Å²) in [7, 11) is 0. The Morgan fingerprint density at radius 1 is 1.03 bits per heavy atom. The fourth-order valence-electron chi connectivity index (χ4n) is 2.65. The second kappa shape index (κ2) is 8.24. The van der Waals surface area contributed by atoms with Crippen LogP contribution in [-0.2, 0) is 11.3 Å². The van der Waals surface area contributed by atoms with Crippen LogP contribution in [0.1, 0.15) is 25.6 Å². The summed E-state index contributed by atoms with van der Waals surface area (Å²) in [6.45, 7) is 2.08. The normalized spacial score (nSPS) is 14.8. The number of hydrogen-bond acceptors (Lipinski definition) is 8. The molecule has 9 nitrogen and oxygen atoms in total. The smallest absolute Gasteiger partial charge is 0.282 e. The topological polar surface area (TPSA) is 134 Å². The summed E-state index contributed by atoms with van der Waals surface area (Å²) in [4.78, 5) is 16.8. The Morgan fingerprint density at radius 2 is 1.73 bits per heavy atom.